The fourth-order valence-electron chi connectivity index (χ4n) is 2.79. The van der Waals surface area contributed by atoms with E-state index in [4.69, 9.17) is 4.74 Å². The lowest BCUT2D eigenvalue weighted by Crippen LogP contribution is -2.40. The quantitative estimate of drug-likeness (QED) is 0.237. The Morgan fingerprint density at radius 3 is 2.66 bits per heavy atom. The third-order valence-corrected chi connectivity index (χ3v) is 5.73. The molecule has 1 aromatic carbocycles. The number of esters is 1. The molecule has 0 bridgehead atoms. The van der Waals surface area contributed by atoms with Crippen LogP contribution in [-0.4, -0.2) is 37.1 Å². The van der Waals surface area contributed by atoms with Gasteiger partial charge in [-0.15, -0.1) is 35.3 Å². The zero-order chi connectivity index (χ0) is 20.7. The number of nitrogens with one attached hydrogen (secondary N) is 2. The predicted molar refractivity (Wildman–Crippen MR) is 131 cm³/mol. The summed E-state index contributed by atoms with van der Waals surface area (Å²) in [6.07, 6.45) is 0. The average molecular weight is 530 g/mol. The van der Waals surface area contributed by atoms with Gasteiger partial charge in [-0.05, 0) is 39.2 Å². The fraction of sp³-hybridized carbons (Fsp3) is 0.476. The standard InChI is InChI=1S/C21H30N4O2S.HI/c1-7-27-20(26)18-15(4)24-19(28-18)16(5)25-21(22-6)23-12-14(3)17-10-8-9-13(2)11-17;/h8-11,14,16H,7,12H2,1-6H3,(H2,22,23,25);1H. The van der Waals surface area contributed by atoms with Gasteiger partial charge in [0.15, 0.2) is 5.96 Å². The molecule has 0 saturated heterocycles. The molecule has 6 nitrogen and oxygen atoms in total. The van der Waals surface area contributed by atoms with Crippen LogP contribution < -0.4 is 10.6 Å². The molecule has 1 aromatic heterocycles. The van der Waals surface area contributed by atoms with Gasteiger partial charge in [-0.3, -0.25) is 4.99 Å². The third kappa shape index (κ3) is 7.26. The lowest BCUT2D eigenvalue weighted by atomic mass is 9.99. The molecular formula is C21H31IN4O2S. The molecule has 8 heteroatoms. The van der Waals surface area contributed by atoms with Crippen molar-refractivity contribution in [1.82, 2.24) is 15.6 Å². The number of ether oxygens (including phenoxy) is 1. The molecule has 2 atom stereocenters. The number of hydrogen-bond donors (Lipinski definition) is 2. The molecule has 0 spiro atoms. The number of nitrogens with zero attached hydrogens (tertiary/aromatic N) is 2. The Hall–Kier alpha value is -1.68. The second kappa shape index (κ2) is 12.1. The number of hydrogen-bond acceptors (Lipinski definition) is 5. The van der Waals surface area contributed by atoms with Gasteiger partial charge in [0.25, 0.3) is 0 Å². The van der Waals surface area contributed by atoms with Gasteiger partial charge in [-0.25, -0.2) is 9.78 Å². The van der Waals surface area contributed by atoms with Crippen molar-refractivity contribution in [2.24, 2.45) is 4.99 Å². The van der Waals surface area contributed by atoms with Gasteiger partial charge in [0, 0.05) is 13.6 Å². The van der Waals surface area contributed by atoms with Crippen molar-refractivity contribution < 1.29 is 9.53 Å². The molecule has 2 unspecified atom stereocenters. The number of aromatic nitrogens is 1. The summed E-state index contributed by atoms with van der Waals surface area (Å²) in [4.78, 5) is 21.4. The van der Waals surface area contributed by atoms with Gasteiger partial charge in [0.05, 0.1) is 18.3 Å². The number of carbonyl (C=O) groups excluding carboxylic acids is 1. The van der Waals surface area contributed by atoms with Crippen LogP contribution in [0.1, 0.15) is 64.2 Å². The normalized spacial score (nSPS) is 13.2. The first-order chi connectivity index (χ1) is 13.3. The van der Waals surface area contributed by atoms with E-state index in [1.165, 1.54) is 22.5 Å². The maximum absolute atomic E-state index is 12.0. The van der Waals surface area contributed by atoms with Crippen molar-refractivity contribution in [3.05, 3.63) is 51.0 Å². The van der Waals surface area contributed by atoms with E-state index in [1.807, 2.05) is 13.8 Å². The number of aryl methyl sites for hydroxylation is 2. The van der Waals surface area contributed by atoms with Crippen LogP contribution in [0.25, 0.3) is 0 Å². The number of thiazole rings is 1. The summed E-state index contributed by atoms with van der Waals surface area (Å²) in [5, 5.41) is 7.55. The third-order valence-electron chi connectivity index (χ3n) is 4.41. The lowest BCUT2D eigenvalue weighted by molar-refractivity contribution is 0.0531. The Morgan fingerprint density at radius 1 is 1.31 bits per heavy atom. The Morgan fingerprint density at radius 2 is 2.03 bits per heavy atom. The average Bonchev–Trinajstić information content (AvgIpc) is 3.06. The summed E-state index contributed by atoms with van der Waals surface area (Å²) in [6, 6.07) is 8.47. The fourth-order valence-corrected chi connectivity index (χ4v) is 3.76. The van der Waals surface area contributed by atoms with Crippen molar-refractivity contribution in [2.75, 3.05) is 20.2 Å². The minimum Gasteiger partial charge on any atom is -0.462 e. The van der Waals surface area contributed by atoms with Gasteiger partial charge >= 0.3 is 5.97 Å². The summed E-state index contributed by atoms with van der Waals surface area (Å²) >= 11 is 1.36. The first kappa shape index (κ1) is 25.4. The summed E-state index contributed by atoms with van der Waals surface area (Å²) in [7, 11) is 1.75. The maximum atomic E-state index is 12.0. The minimum atomic E-state index is -0.314. The summed E-state index contributed by atoms with van der Waals surface area (Å²) in [5.74, 6) is 0.745. The van der Waals surface area contributed by atoms with Crippen LogP contribution >= 0.6 is 35.3 Å². The number of guanidine groups is 1. The molecule has 160 valence electrons. The molecule has 0 aliphatic carbocycles. The van der Waals surface area contributed by atoms with Crippen LogP contribution in [-0.2, 0) is 4.74 Å². The lowest BCUT2D eigenvalue weighted by Gasteiger charge is -2.19. The van der Waals surface area contributed by atoms with Crippen LogP contribution in [0.5, 0.6) is 0 Å². The first-order valence-corrected chi connectivity index (χ1v) is 10.4. The van der Waals surface area contributed by atoms with Crippen LogP contribution in [0.4, 0.5) is 0 Å². The monoisotopic (exact) mass is 530 g/mol. The van der Waals surface area contributed by atoms with Crippen LogP contribution in [0, 0.1) is 13.8 Å². The minimum absolute atomic E-state index is 0. The second-order valence-corrected chi connectivity index (χ2v) is 7.85. The maximum Gasteiger partial charge on any atom is 0.350 e. The number of rotatable bonds is 7. The topological polar surface area (TPSA) is 75.6 Å². The molecule has 0 aliphatic rings. The number of aliphatic imine (C=N–C) groups is 1. The van der Waals surface area contributed by atoms with E-state index in [1.54, 1.807) is 14.0 Å². The van der Waals surface area contributed by atoms with E-state index in [0.717, 1.165) is 11.6 Å². The highest BCUT2D eigenvalue weighted by Crippen LogP contribution is 2.24. The Labute approximate surface area is 194 Å². The molecule has 0 aliphatic heterocycles. The zero-order valence-corrected chi connectivity index (χ0v) is 21.1. The van der Waals surface area contributed by atoms with Crippen molar-refractivity contribution >= 4 is 47.2 Å². The van der Waals surface area contributed by atoms with E-state index in [2.05, 4.69) is 58.7 Å². The Bertz CT molecular complexity index is 838. The number of carbonyl (C=O) groups is 1. The van der Waals surface area contributed by atoms with Crippen molar-refractivity contribution in [2.45, 2.75) is 46.6 Å². The van der Waals surface area contributed by atoms with E-state index in [0.29, 0.717) is 29.1 Å². The van der Waals surface area contributed by atoms with E-state index >= 15 is 0 Å². The highest BCUT2D eigenvalue weighted by Gasteiger charge is 2.20. The largest absolute Gasteiger partial charge is 0.462 e. The molecule has 0 saturated carbocycles. The number of benzene rings is 1. The van der Waals surface area contributed by atoms with Gasteiger partial charge < -0.3 is 15.4 Å². The van der Waals surface area contributed by atoms with E-state index in [-0.39, 0.29) is 36.0 Å². The summed E-state index contributed by atoms with van der Waals surface area (Å²) in [6.45, 7) is 11.0. The van der Waals surface area contributed by atoms with Crippen LogP contribution in [0.15, 0.2) is 29.3 Å². The molecular weight excluding hydrogens is 499 g/mol. The molecule has 1 heterocycles. The van der Waals surface area contributed by atoms with Crippen molar-refractivity contribution in [3.8, 4) is 0 Å². The number of halogens is 1. The van der Waals surface area contributed by atoms with Gasteiger partial charge in [-0.1, -0.05) is 36.8 Å². The van der Waals surface area contributed by atoms with Crippen LogP contribution in [0.2, 0.25) is 0 Å². The van der Waals surface area contributed by atoms with E-state index < -0.39 is 0 Å². The highest BCUT2D eigenvalue weighted by atomic mass is 127. The van der Waals surface area contributed by atoms with Gasteiger partial charge in [0.2, 0.25) is 0 Å². The summed E-state index contributed by atoms with van der Waals surface area (Å²) < 4.78 is 5.09. The first-order valence-electron chi connectivity index (χ1n) is 9.53. The van der Waals surface area contributed by atoms with Gasteiger partial charge in [-0.2, -0.15) is 0 Å². The molecule has 29 heavy (non-hydrogen) atoms. The van der Waals surface area contributed by atoms with Crippen molar-refractivity contribution in [3.63, 3.8) is 0 Å². The highest BCUT2D eigenvalue weighted by molar-refractivity contribution is 14.0. The SMILES string of the molecule is CCOC(=O)c1sc(C(C)NC(=NC)NCC(C)c2cccc(C)c2)nc1C.I. The van der Waals surface area contributed by atoms with E-state index in [9.17, 15) is 4.79 Å². The molecule has 2 rings (SSSR count). The second-order valence-electron chi connectivity index (χ2n) is 6.82. The smallest absolute Gasteiger partial charge is 0.350 e. The molecule has 0 amide bonds. The van der Waals surface area contributed by atoms with Crippen molar-refractivity contribution in [1.29, 1.82) is 0 Å². The Kier molecular flexibility index (Phi) is 10.6. The molecule has 2 aromatic rings. The van der Waals surface area contributed by atoms with Crippen LogP contribution in [0.3, 0.4) is 0 Å². The summed E-state index contributed by atoms with van der Waals surface area (Å²) in [5.41, 5.74) is 3.26. The zero-order valence-electron chi connectivity index (χ0n) is 17.9. The molecule has 0 radical (unpaired) electrons. The Balaban J connectivity index is 0.00000420. The molecule has 2 N–H and O–H groups in total. The predicted octanol–water partition coefficient (Wildman–Crippen LogP) is 4.58. The molecule has 0 fully saturated rings. The van der Waals surface area contributed by atoms with Gasteiger partial charge in [0.1, 0.15) is 9.88 Å².